The Morgan fingerprint density at radius 2 is 1.19 bits per heavy atom. The SMILES string of the molecule is COC(=O)c1ccc(CCc2ccccc2CCc2ccc(C)cc2)cc1. The molecule has 0 spiro atoms. The Hall–Kier alpha value is -2.87. The van der Waals surface area contributed by atoms with Crippen LogP contribution in [0.2, 0.25) is 0 Å². The number of methoxy groups -OCH3 is 1. The van der Waals surface area contributed by atoms with Crippen molar-refractivity contribution >= 4 is 5.97 Å². The van der Waals surface area contributed by atoms with E-state index in [-0.39, 0.29) is 5.97 Å². The highest BCUT2D eigenvalue weighted by molar-refractivity contribution is 5.89. The van der Waals surface area contributed by atoms with Crippen molar-refractivity contribution in [3.8, 4) is 0 Å². The van der Waals surface area contributed by atoms with Crippen LogP contribution in [0.5, 0.6) is 0 Å². The summed E-state index contributed by atoms with van der Waals surface area (Å²) >= 11 is 0. The molecule has 0 aromatic heterocycles. The molecule has 0 saturated carbocycles. The van der Waals surface area contributed by atoms with Crippen LogP contribution < -0.4 is 0 Å². The molecule has 0 aliphatic carbocycles. The average Bonchev–Trinajstić information content (AvgIpc) is 2.72. The fourth-order valence-corrected chi connectivity index (χ4v) is 3.28. The maximum Gasteiger partial charge on any atom is 0.337 e. The van der Waals surface area contributed by atoms with Crippen LogP contribution in [0, 0.1) is 6.92 Å². The molecule has 27 heavy (non-hydrogen) atoms. The highest BCUT2D eigenvalue weighted by atomic mass is 16.5. The first kappa shape index (κ1) is 18.9. The van der Waals surface area contributed by atoms with Crippen molar-refractivity contribution in [1.29, 1.82) is 0 Å². The first-order valence-corrected chi connectivity index (χ1v) is 9.45. The molecule has 3 aromatic carbocycles. The first-order chi connectivity index (χ1) is 13.2. The van der Waals surface area contributed by atoms with E-state index in [1.165, 1.54) is 34.9 Å². The summed E-state index contributed by atoms with van der Waals surface area (Å²) in [5.74, 6) is -0.289. The molecule has 3 aromatic rings. The minimum Gasteiger partial charge on any atom is -0.465 e. The molecule has 0 amide bonds. The lowest BCUT2D eigenvalue weighted by Gasteiger charge is -2.10. The lowest BCUT2D eigenvalue weighted by Crippen LogP contribution is -2.02. The van der Waals surface area contributed by atoms with Gasteiger partial charge in [-0.15, -0.1) is 0 Å². The van der Waals surface area contributed by atoms with Crippen molar-refractivity contribution in [1.82, 2.24) is 0 Å². The van der Waals surface area contributed by atoms with Gasteiger partial charge in [0.1, 0.15) is 0 Å². The lowest BCUT2D eigenvalue weighted by molar-refractivity contribution is 0.0600. The summed E-state index contributed by atoms with van der Waals surface area (Å²) in [6.07, 6.45) is 4.08. The highest BCUT2D eigenvalue weighted by Crippen LogP contribution is 2.16. The maximum absolute atomic E-state index is 11.5. The summed E-state index contributed by atoms with van der Waals surface area (Å²) < 4.78 is 4.75. The number of hydrogen-bond acceptors (Lipinski definition) is 2. The Morgan fingerprint density at radius 3 is 1.67 bits per heavy atom. The van der Waals surface area contributed by atoms with Crippen LogP contribution in [0.4, 0.5) is 0 Å². The summed E-state index contributed by atoms with van der Waals surface area (Å²) in [6.45, 7) is 2.12. The van der Waals surface area contributed by atoms with Crippen LogP contribution in [-0.4, -0.2) is 13.1 Å². The van der Waals surface area contributed by atoms with Gasteiger partial charge >= 0.3 is 5.97 Å². The molecular weight excluding hydrogens is 332 g/mol. The maximum atomic E-state index is 11.5. The number of hydrogen-bond donors (Lipinski definition) is 0. The molecule has 0 bridgehead atoms. The standard InChI is InChI=1S/C25H26O2/c1-19-7-9-20(10-8-19)11-15-22-5-3-4-6-23(22)16-12-21-13-17-24(18-14-21)25(26)27-2/h3-10,13-14,17-18H,11-12,15-16H2,1-2H3. The van der Waals surface area contributed by atoms with Crippen LogP contribution in [0.3, 0.4) is 0 Å². The molecule has 0 saturated heterocycles. The van der Waals surface area contributed by atoms with Crippen molar-refractivity contribution in [2.45, 2.75) is 32.6 Å². The van der Waals surface area contributed by atoms with Gasteiger partial charge in [-0.25, -0.2) is 4.79 Å². The molecule has 0 radical (unpaired) electrons. The summed E-state index contributed by atoms with van der Waals surface area (Å²) in [5, 5.41) is 0. The largest absolute Gasteiger partial charge is 0.465 e. The lowest BCUT2D eigenvalue weighted by atomic mass is 9.95. The summed E-state index contributed by atoms with van der Waals surface area (Å²) in [6, 6.07) is 25.2. The van der Waals surface area contributed by atoms with Crippen molar-refractivity contribution in [2.24, 2.45) is 0 Å². The molecule has 0 N–H and O–H groups in total. The van der Waals surface area contributed by atoms with E-state index in [4.69, 9.17) is 4.74 Å². The van der Waals surface area contributed by atoms with E-state index in [1.807, 2.05) is 24.3 Å². The number of carbonyl (C=O) groups excluding carboxylic acids is 1. The molecule has 0 heterocycles. The molecular formula is C25H26O2. The third-order valence-corrected chi connectivity index (χ3v) is 4.98. The monoisotopic (exact) mass is 358 g/mol. The number of ether oxygens (including phenoxy) is 1. The van der Waals surface area contributed by atoms with E-state index in [0.29, 0.717) is 5.56 Å². The predicted octanol–water partition coefficient (Wildman–Crippen LogP) is 5.35. The minimum absolute atomic E-state index is 0.289. The van der Waals surface area contributed by atoms with E-state index in [2.05, 4.69) is 55.5 Å². The van der Waals surface area contributed by atoms with Gasteiger partial charge in [-0.05, 0) is 67.0 Å². The molecule has 138 valence electrons. The Labute approximate surface area is 161 Å². The van der Waals surface area contributed by atoms with Crippen LogP contribution in [0.15, 0.2) is 72.8 Å². The third kappa shape index (κ3) is 5.30. The number of carbonyl (C=O) groups is 1. The van der Waals surface area contributed by atoms with Gasteiger partial charge in [0, 0.05) is 0 Å². The molecule has 0 aliphatic rings. The van der Waals surface area contributed by atoms with Crippen molar-refractivity contribution in [3.05, 3.63) is 106 Å². The predicted molar refractivity (Wildman–Crippen MR) is 110 cm³/mol. The molecule has 0 atom stereocenters. The number of rotatable bonds is 7. The number of esters is 1. The van der Waals surface area contributed by atoms with Crippen molar-refractivity contribution in [3.63, 3.8) is 0 Å². The Balaban J connectivity index is 1.62. The zero-order valence-corrected chi connectivity index (χ0v) is 16.1. The third-order valence-electron chi connectivity index (χ3n) is 4.98. The van der Waals surface area contributed by atoms with Crippen LogP contribution >= 0.6 is 0 Å². The van der Waals surface area contributed by atoms with Crippen molar-refractivity contribution in [2.75, 3.05) is 7.11 Å². The second-order valence-corrected chi connectivity index (χ2v) is 6.94. The van der Waals surface area contributed by atoms with E-state index < -0.39 is 0 Å². The van der Waals surface area contributed by atoms with Crippen LogP contribution in [0.25, 0.3) is 0 Å². The summed E-state index contributed by atoms with van der Waals surface area (Å²) in [5.41, 5.74) is 7.34. The Bertz CT molecular complexity index is 877. The first-order valence-electron chi connectivity index (χ1n) is 9.45. The van der Waals surface area contributed by atoms with Gasteiger partial charge in [0.15, 0.2) is 0 Å². The minimum atomic E-state index is -0.289. The van der Waals surface area contributed by atoms with E-state index in [0.717, 1.165) is 25.7 Å². The zero-order valence-electron chi connectivity index (χ0n) is 16.1. The fourth-order valence-electron chi connectivity index (χ4n) is 3.28. The second-order valence-electron chi connectivity index (χ2n) is 6.94. The smallest absolute Gasteiger partial charge is 0.337 e. The zero-order chi connectivity index (χ0) is 19.1. The summed E-state index contributed by atoms with van der Waals surface area (Å²) in [7, 11) is 1.41. The van der Waals surface area contributed by atoms with E-state index in [1.54, 1.807) is 0 Å². The molecule has 2 heteroatoms. The topological polar surface area (TPSA) is 26.3 Å². The van der Waals surface area contributed by atoms with Gasteiger partial charge in [0.25, 0.3) is 0 Å². The number of aryl methyl sites for hydroxylation is 5. The quantitative estimate of drug-likeness (QED) is 0.532. The van der Waals surface area contributed by atoms with E-state index in [9.17, 15) is 4.79 Å². The Kier molecular flexibility index (Phi) is 6.43. The summed E-state index contributed by atoms with van der Waals surface area (Å²) in [4.78, 5) is 11.5. The second kappa shape index (κ2) is 9.18. The molecule has 0 unspecified atom stereocenters. The normalized spacial score (nSPS) is 10.6. The van der Waals surface area contributed by atoms with Gasteiger partial charge in [0.2, 0.25) is 0 Å². The average molecular weight is 358 g/mol. The molecule has 0 aliphatic heterocycles. The number of benzene rings is 3. The fraction of sp³-hybridized carbons (Fsp3) is 0.240. The van der Waals surface area contributed by atoms with E-state index >= 15 is 0 Å². The van der Waals surface area contributed by atoms with Gasteiger partial charge in [-0.3, -0.25) is 0 Å². The van der Waals surface area contributed by atoms with Crippen LogP contribution in [0.1, 0.15) is 38.2 Å². The molecule has 3 rings (SSSR count). The van der Waals surface area contributed by atoms with Gasteiger partial charge in [0.05, 0.1) is 12.7 Å². The van der Waals surface area contributed by atoms with Crippen LogP contribution in [-0.2, 0) is 30.4 Å². The molecule has 0 fully saturated rings. The Morgan fingerprint density at radius 1 is 0.704 bits per heavy atom. The van der Waals surface area contributed by atoms with Gasteiger partial charge in [-0.1, -0.05) is 66.2 Å². The van der Waals surface area contributed by atoms with Crippen molar-refractivity contribution < 1.29 is 9.53 Å². The molecule has 2 nitrogen and oxygen atoms in total. The van der Waals surface area contributed by atoms with Gasteiger partial charge in [-0.2, -0.15) is 0 Å². The highest BCUT2D eigenvalue weighted by Gasteiger charge is 2.06. The van der Waals surface area contributed by atoms with Gasteiger partial charge < -0.3 is 4.74 Å².